The van der Waals surface area contributed by atoms with E-state index in [-0.39, 0.29) is 23.3 Å². The topological polar surface area (TPSA) is 76.1 Å². The van der Waals surface area contributed by atoms with Crippen LogP contribution in [0.2, 0.25) is 0 Å². The molecule has 1 heterocycles. The molecule has 6 nitrogen and oxygen atoms in total. The normalized spacial score (nSPS) is 17.1. The minimum Gasteiger partial charge on any atom is -0.507 e. The zero-order valence-corrected chi connectivity index (χ0v) is 23.7. The number of carbonyl (C=O) groups is 2. The molecule has 1 amide bonds. The monoisotopic (exact) mass is 527 g/mol. The molecule has 0 aliphatic carbocycles. The van der Waals surface area contributed by atoms with Crippen molar-refractivity contribution in [3.8, 4) is 11.5 Å². The molecule has 6 heteroatoms. The Morgan fingerprint density at radius 1 is 0.923 bits per heavy atom. The summed E-state index contributed by atoms with van der Waals surface area (Å²) in [4.78, 5) is 28.6. The molecule has 4 rings (SSSR count). The van der Waals surface area contributed by atoms with Crippen molar-refractivity contribution in [3.63, 3.8) is 0 Å². The SMILES string of the molecule is COc1ccc(CN2C(=O)C(=O)/C(=C(/O)c3cc(C(C)(C)C)ccc3OC)C2c2ccc(C(C)C)cc2)cc1. The Labute approximate surface area is 230 Å². The number of ether oxygens (including phenoxy) is 2. The van der Waals surface area contributed by atoms with E-state index in [1.165, 1.54) is 12.0 Å². The first-order valence-corrected chi connectivity index (χ1v) is 13.2. The van der Waals surface area contributed by atoms with Crippen molar-refractivity contribution >= 4 is 17.4 Å². The highest BCUT2D eigenvalue weighted by Crippen LogP contribution is 2.42. The lowest BCUT2D eigenvalue weighted by atomic mass is 9.85. The molecular formula is C33H37NO5. The van der Waals surface area contributed by atoms with E-state index in [9.17, 15) is 14.7 Å². The van der Waals surface area contributed by atoms with Crippen molar-refractivity contribution in [1.29, 1.82) is 0 Å². The second kappa shape index (κ2) is 11.0. The molecule has 3 aromatic carbocycles. The highest BCUT2D eigenvalue weighted by molar-refractivity contribution is 6.46. The number of hydrogen-bond donors (Lipinski definition) is 1. The maximum Gasteiger partial charge on any atom is 0.295 e. The van der Waals surface area contributed by atoms with Crippen LogP contribution in [0, 0.1) is 0 Å². The van der Waals surface area contributed by atoms with Gasteiger partial charge in [-0.05, 0) is 57.9 Å². The second-order valence-electron chi connectivity index (χ2n) is 11.3. The molecule has 0 radical (unpaired) electrons. The summed E-state index contributed by atoms with van der Waals surface area (Å²) in [6.45, 7) is 10.6. The first-order valence-electron chi connectivity index (χ1n) is 13.2. The molecule has 1 N–H and O–H groups in total. The highest BCUT2D eigenvalue weighted by Gasteiger charge is 2.46. The number of amides is 1. The van der Waals surface area contributed by atoms with E-state index in [0.29, 0.717) is 23.0 Å². The van der Waals surface area contributed by atoms with Gasteiger partial charge < -0.3 is 19.5 Å². The molecule has 0 aromatic heterocycles. The van der Waals surface area contributed by atoms with Gasteiger partial charge in [0.15, 0.2) is 0 Å². The molecule has 204 valence electrons. The molecular weight excluding hydrogens is 490 g/mol. The number of carbonyl (C=O) groups excluding carboxylic acids is 2. The van der Waals surface area contributed by atoms with Crippen molar-refractivity contribution in [2.24, 2.45) is 0 Å². The zero-order valence-electron chi connectivity index (χ0n) is 23.7. The highest BCUT2D eigenvalue weighted by atomic mass is 16.5. The van der Waals surface area contributed by atoms with Crippen LogP contribution < -0.4 is 9.47 Å². The van der Waals surface area contributed by atoms with Crippen LogP contribution in [0.15, 0.2) is 72.3 Å². The Hall–Kier alpha value is -4.06. The Bertz CT molecular complexity index is 1400. The summed E-state index contributed by atoms with van der Waals surface area (Å²) in [7, 11) is 3.12. The molecule has 1 aliphatic rings. The van der Waals surface area contributed by atoms with Gasteiger partial charge in [-0.2, -0.15) is 0 Å². The van der Waals surface area contributed by atoms with Crippen LogP contribution in [0.5, 0.6) is 11.5 Å². The smallest absolute Gasteiger partial charge is 0.295 e. The number of benzene rings is 3. The first kappa shape index (κ1) is 28.0. The standard InChI is InChI=1S/C33H37NO5/c1-20(2)22-10-12-23(13-11-22)29-28(30(35)26-18-24(33(3,4)5)14-17-27(26)39-7)31(36)32(37)34(29)19-21-8-15-25(38-6)16-9-21/h8-18,20,29,35H,19H2,1-7H3/b30-28+. The van der Waals surface area contributed by atoms with Gasteiger partial charge in [-0.15, -0.1) is 0 Å². The van der Waals surface area contributed by atoms with Gasteiger partial charge >= 0.3 is 0 Å². The number of aliphatic hydroxyl groups is 1. The van der Waals surface area contributed by atoms with E-state index >= 15 is 0 Å². The van der Waals surface area contributed by atoms with Crippen molar-refractivity contribution < 1.29 is 24.2 Å². The van der Waals surface area contributed by atoms with Crippen LogP contribution in [0.4, 0.5) is 0 Å². The van der Waals surface area contributed by atoms with Gasteiger partial charge in [0.1, 0.15) is 17.3 Å². The average Bonchev–Trinajstić information content (AvgIpc) is 3.17. The predicted molar refractivity (Wildman–Crippen MR) is 153 cm³/mol. The van der Waals surface area contributed by atoms with Gasteiger partial charge in [-0.1, -0.05) is 77.1 Å². The van der Waals surface area contributed by atoms with Crippen LogP contribution >= 0.6 is 0 Å². The van der Waals surface area contributed by atoms with Crippen molar-refractivity contribution in [3.05, 3.63) is 100 Å². The van der Waals surface area contributed by atoms with Crippen LogP contribution in [0.1, 0.15) is 74.4 Å². The van der Waals surface area contributed by atoms with Crippen LogP contribution in [-0.4, -0.2) is 35.9 Å². The molecule has 1 aliphatic heterocycles. The third-order valence-corrected chi connectivity index (χ3v) is 7.29. The number of likely N-dealkylation sites (tertiary alicyclic amines) is 1. The number of aliphatic hydroxyl groups excluding tert-OH is 1. The lowest BCUT2D eigenvalue weighted by Crippen LogP contribution is -2.29. The summed E-state index contributed by atoms with van der Waals surface area (Å²) >= 11 is 0. The molecule has 0 bridgehead atoms. The van der Waals surface area contributed by atoms with E-state index in [2.05, 4.69) is 34.6 Å². The number of nitrogens with zero attached hydrogens (tertiary/aromatic N) is 1. The van der Waals surface area contributed by atoms with E-state index < -0.39 is 17.7 Å². The first-order chi connectivity index (χ1) is 18.5. The van der Waals surface area contributed by atoms with E-state index in [1.807, 2.05) is 60.7 Å². The van der Waals surface area contributed by atoms with Gasteiger partial charge in [0.25, 0.3) is 11.7 Å². The average molecular weight is 528 g/mol. The Morgan fingerprint density at radius 3 is 2.10 bits per heavy atom. The summed E-state index contributed by atoms with van der Waals surface area (Å²) < 4.78 is 10.8. The number of hydrogen-bond acceptors (Lipinski definition) is 5. The Kier molecular flexibility index (Phi) is 7.86. The molecule has 1 saturated heterocycles. The van der Waals surface area contributed by atoms with Crippen LogP contribution in [-0.2, 0) is 21.5 Å². The predicted octanol–water partition coefficient (Wildman–Crippen LogP) is 6.75. The van der Waals surface area contributed by atoms with Gasteiger partial charge in [0.05, 0.1) is 31.4 Å². The molecule has 1 atom stereocenters. The van der Waals surface area contributed by atoms with Crippen molar-refractivity contribution in [2.75, 3.05) is 14.2 Å². The molecule has 0 saturated carbocycles. The minimum atomic E-state index is -0.767. The van der Waals surface area contributed by atoms with Gasteiger partial charge in [-0.25, -0.2) is 0 Å². The van der Waals surface area contributed by atoms with Crippen molar-refractivity contribution in [2.45, 2.75) is 58.5 Å². The lowest BCUT2D eigenvalue weighted by Gasteiger charge is -2.26. The number of ketones is 1. The summed E-state index contributed by atoms with van der Waals surface area (Å²) in [5.74, 6) is -0.165. The quantitative estimate of drug-likeness (QED) is 0.209. The maximum atomic E-state index is 13.6. The molecule has 3 aromatic rings. The fraction of sp³-hybridized carbons (Fsp3) is 0.333. The number of rotatable bonds is 7. The Balaban J connectivity index is 1.90. The summed E-state index contributed by atoms with van der Waals surface area (Å²) in [5, 5.41) is 11.7. The largest absolute Gasteiger partial charge is 0.507 e. The van der Waals surface area contributed by atoms with Gasteiger partial charge in [-0.3, -0.25) is 9.59 Å². The zero-order chi connectivity index (χ0) is 28.5. The fourth-order valence-electron chi connectivity index (χ4n) is 4.89. The van der Waals surface area contributed by atoms with E-state index in [4.69, 9.17) is 9.47 Å². The third-order valence-electron chi connectivity index (χ3n) is 7.29. The maximum absolute atomic E-state index is 13.6. The summed E-state index contributed by atoms with van der Waals surface area (Å²) in [6.07, 6.45) is 0. The minimum absolute atomic E-state index is 0.0511. The fourth-order valence-corrected chi connectivity index (χ4v) is 4.89. The van der Waals surface area contributed by atoms with Gasteiger partial charge in [0.2, 0.25) is 0 Å². The summed E-state index contributed by atoms with van der Waals surface area (Å²) in [6, 6.07) is 20.1. The van der Waals surface area contributed by atoms with Crippen LogP contribution in [0.3, 0.4) is 0 Å². The third kappa shape index (κ3) is 5.56. The molecule has 1 unspecified atom stereocenters. The van der Waals surface area contributed by atoms with Gasteiger partial charge in [0, 0.05) is 6.54 Å². The summed E-state index contributed by atoms with van der Waals surface area (Å²) in [5.41, 5.74) is 3.94. The number of methoxy groups -OCH3 is 2. The van der Waals surface area contributed by atoms with Crippen molar-refractivity contribution in [1.82, 2.24) is 4.90 Å². The van der Waals surface area contributed by atoms with Crippen LogP contribution in [0.25, 0.3) is 5.76 Å². The lowest BCUT2D eigenvalue weighted by molar-refractivity contribution is -0.140. The van der Waals surface area contributed by atoms with E-state index in [0.717, 1.165) is 22.3 Å². The molecule has 0 spiro atoms. The second-order valence-corrected chi connectivity index (χ2v) is 11.3. The van der Waals surface area contributed by atoms with E-state index in [1.54, 1.807) is 13.2 Å². The molecule has 1 fully saturated rings. The Morgan fingerprint density at radius 2 is 1.56 bits per heavy atom. The number of Topliss-reactive ketones (excluding diaryl/α,β-unsaturated/α-hetero) is 1. The molecule has 39 heavy (non-hydrogen) atoms.